The Morgan fingerprint density at radius 1 is 1.04 bits per heavy atom. The molecule has 28 heavy (non-hydrogen) atoms. The number of methoxy groups -OCH3 is 3. The minimum absolute atomic E-state index is 0.194. The second-order valence-electron chi connectivity index (χ2n) is 8.04. The highest BCUT2D eigenvalue weighted by molar-refractivity contribution is 5.77. The maximum Gasteiger partial charge on any atom is 0.275 e. The number of carbonyl (C=O) groups is 1. The van der Waals surface area contributed by atoms with Crippen molar-refractivity contribution in [3.05, 3.63) is 17.7 Å². The van der Waals surface area contributed by atoms with Crippen molar-refractivity contribution in [2.45, 2.75) is 32.4 Å². The molecule has 1 aromatic rings. The summed E-state index contributed by atoms with van der Waals surface area (Å²) in [5.41, 5.74) is 1.12. The monoisotopic (exact) mass is 393 g/mol. The second kappa shape index (κ2) is 9.47. The number of quaternary nitrogens is 2. The lowest BCUT2D eigenvalue weighted by molar-refractivity contribution is -1.02. The maximum absolute atomic E-state index is 12.3. The van der Waals surface area contributed by atoms with Crippen molar-refractivity contribution in [3.63, 3.8) is 0 Å². The molecule has 7 heteroatoms. The van der Waals surface area contributed by atoms with E-state index in [9.17, 15) is 4.79 Å². The molecule has 1 heterocycles. The van der Waals surface area contributed by atoms with E-state index in [0.717, 1.165) is 44.0 Å². The Labute approximate surface area is 167 Å². The lowest BCUT2D eigenvalue weighted by Crippen LogP contribution is -3.28. The highest BCUT2D eigenvalue weighted by Crippen LogP contribution is 2.39. The van der Waals surface area contributed by atoms with Crippen LogP contribution < -0.4 is 29.3 Å². The molecule has 1 saturated heterocycles. The van der Waals surface area contributed by atoms with E-state index in [4.69, 9.17) is 14.2 Å². The Hall–Kier alpha value is -1.99. The average molecular weight is 394 g/mol. The molecule has 1 atom stereocenters. The predicted molar refractivity (Wildman–Crippen MR) is 106 cm³/mol. The number of ether oxygens (including phenoxy) is 3. The number of rotatable bonds is 9. The van der Waals surface area contributed by atoms with Gasteiger partial charge in [-0.05, 0) is 37.8 Å². The summed E-state index contributed by atoms with van der Waals surface area (Å²) < 4.78 is 16.5. The van der Waals surface area contributed by atoms with E-state index in [1.165, 1.54) is 22.6 Å². The van der Waals surface area contributed by atoms with Gasteiger partial charge in [0, 0.05) is 6.04 Å². The van der Waals surface area contributed by atoms with E-state index < -0.39 is 0 Å². The molecule has 0 aromatic heterocycles. The fraction of sp³-hybridized carbons (Fsp3) is 0.667. The van der Waals surface area contributed by atoms with Crippen LogP contribution in [0, 0.1) is 5.92 Å². The Kier molecular flexibility index (Phi) is 7.02. The van der Waals surface area contributed by atoms with Crippen LogP contribution in [0.2, 0.25) is 0 Å². The number of hydrogen-bond acceptors (Lipinski definition) is 4. The summed E-state index contributed by atoms with van der Waals surface area (Å²) in [5, 5.41) is 3.17. The third kappa shape index (κ3) is 5.08. The van der Waals surface area contributed by atoms with E-state index in [2.05, 4.69) is 18.3 Å². The first-order chi connectivity index (χ1) is 13.5. The van der Waals surface area contributed by atoms with Gasteiger partial charge in [0.2, 0.25) is 5.75 Å². The first-order valence-electron chi connectivity index (χ1n) is 10.3. The molecule has 0 spiro atoms. The average Bonchev–Trinajstić information content (AvgIpc) is 3.54. The summed E-state index contributed by atoms with van der Waals surface area (Å²) in [7, 11) is 4.93. The largest absolute Gasteiger partial charge is 0.493 e. The van der Waals surface area contributed by atoms with Gasteiger partial charge in [-0.1, -0.05) is 0 Å². The van der Waals surface area contributed by atoms with Crippen molar-refractivity contribution < 1.29 is 28.8 Å². The number of amides is 1. The van der Waals surface area contributed by atoms with Gasteiger partial charge in [0.25, 0.3) is 5.91 Å². The number of carbonyl (C=O) groups excluding carboxylic acids is 1. The summed E-state index contributed by atoms with van der Waals surface area (Å²) >= 11 is 0. The Morgan fingerprint density at radius 3 is 2.25 bits per heavy atom. The summed E-state index contributed by atoms with van der Waals surface area (Å²) in [6, 6.07) is 4.32. The number of benzene rings is 1. The topological polar surface area (TPSA) is 65.7 Å². The third-order valence-corrected chi connectivity index (χ3v) is 6.02. The van der Waals surface area contributed by atoms with E-state index >= 15 is 0 Å². The molecule has 3 rings (SSSR count). The van der Waals surface area contributed by atoms with Crippen molar-refractivity contribution in [3.8, 4) is 17.2 Å². The fourth-order valence-electron chi connectivity index (χ4n) is 4.13. The van der Waals surface area contributed by atoms with E-state index in [1.807, 2.05) is 6.07 Å². The zero-order chi connectivity index (χ0) is 20.1. The van der Waals surface area contributed by atoms with Gasteiger partial charge in [-0.25, -0.2) is 0 Å². The molecule has 7 nitrogen and oxygen atoms in total. The van der Waals surface area contributed by atoms with Gasteiger partial charge in [-0.15, -0.1) is 0 Å². The molecule has 1 aliphatic heterocycles. The van der Waals surface area contributed by atoms with Gasteiger partial charge in [0.15, 0.2) is 18.0 Å². The SMILES string of the molecule is COc1ccc(C[NH+]2CC[NH+](CC(=O)N[C@@H](C)C3CC3)CC2)c(OC)c1OC. The van der Waals surface area contributed by atoms with Crippen molar-refractivity contribution in [1.29, 1.82) is 0 Å². The normalized spacial score (nSPS) is 23.0. The number of piperazine rings is 1. The zero-order valence-electron chi connectivity index (χ0n) is 17.6. The highest BCUT2D eigenvalue weighted by Gasteiger charge is 2.31. The fourth-order valence-corrected chi connectivity index (χ4v) is 4.13. The highest BCUT2D eigenvalue weighted by atomic mass is 16.5. The van der Waals surface area contributed by atoms with Crippen LogP contribution in [0.4, 0.5) is 0 Å². The van der Waals surface area contributed by atoms with E-state index in [1.54, 1.807) is 21.3 Å². The summed E-state index contributed by atoms with van der Waals surface area (Å²) in [6.07, 6.45) is 2.52. The van der Waals surface area contributed by atoms with Gasteiger partial charge in [0.1, 0.15) is 32.7 Å². The lowest BCUT2D eigenvalue weighted by atomic mass is 10.1. The van der Waals surface area contributed by atoms with Crippen LogP contribution in [0.5, 0.6) is 17.2 Å². The second-order valence-corrected chi connectivity index (χ2v) is 8.04. The molecule has 1 aromatic carbocycles. The first-order valence-corrected chi connectivity index (χ1v) is 10.3. The van der Waals surface area contributed by atoms with Crippen molar-refractivity contribution >= 4 is 5.91 Å². The van der Waals surface area contributed by atoms with E-state index in [-0.39, 0.29) is 5.91 Å². The summed E-state index contributed by atoms with van der Waals surface area (Å²) in [5.74, 6) is 2.97. The van der Waals surface area contributed by atoms with Gasteiger partial charge in [-0.3, -0.25) is 4.79 Å². The van der Waals surface area contributed by atoms with Gasteiger partial charge >= 0.3 is 0 Å². The smallest absolute Gasteiger partial charge is 0.275 e. The molecule has 0 radical (unpaired) electrons. The van der Waals surface area contributed by atoms with Crippen LogP contribution >= 0.6 is 0 Å². The molecule has 0 bridgehead atoms. The molecule has 3 N–H and O–H groups in total. The number of nitrogens with one attached hydrogen (secondary N) is 3. The van der Waals surface area contributed by atoms with Gasteiger partial charge < -0.3 is 29.3 Å². The molecule has 1 saturated carbocycles. The Morgan fingerprint density at radius 2 is 1.68 bits per heavy atom. The minimum atomic E-state index is 0.194. The molecule has 1 aliphatic carbocycles. The molecular weight excluding hydrogens is 358 g/mol. The molecular formula is C21H35N3O4+2. The summed E-state index contributed by atoms with van der Waals surface area (Å²) in [4.78, 5) is 15.1. The van der Waals surface area contributed by atoms with Crippen LogP contribution in [0.15, 0.2) is 12.1 Å². The lowest BCUT2D eigenvalue weighted by Gasteiger charge is -2.30. The maximum atomic E-state index is 12.3. The van der Waals surface area contributed by atoms with Gasteiger partial charge in [0.05, 0.1) is 26.9 Å². The molecule has 156 valence electrons. The zero-order valence-corrected chi connectivity index (χ0v) is 17.6. The Balaban J connectivity index is 1.51. The van der Waals surface area contributed by atoms with Crippen LogP contribution in [0.25, 0.3) is 0 Å². The minimum Gasteiger partial charge on any atom is -0.493 e. The molecule has 2 fully saturated rings. The van der Waals surface area contributed by atoms with Crippen LogP contribution in [0.1, 0.15) is 25.3 Å². The van der Waals surface area contributed by atoms with E-state index in [0.29, 0.717) is 30.0 Å². The molecule has 1 amide bonds. The Bertz CT molecular complexity index is 670. The first kappa shape index (κ1) is 20.7. The van der Waals surface area contributed by atoms with Crippen molar-refractivity contribution in [1.82, 2.24) is 5.32 Å². The van der Waals surface area contributed by atoms with Crippen molar-refractivity contribution in [2.24, 2.45) is 5.92 Å². The summed E-state index contributed by atoms with van der Waals surface area (Å²) in [6.45, 7) is 7.69. The number of hydrogen-bond donors (Lipinski definition) is 3. The molecule has 0 unspecified atom stereocenters. The predicted octanol–water partition coefficient (Wildman–Crippen LogP) is -1.09. The van der Waals surface area contributed by atoms with Crippen LogP contribution in [0.3, 0.4) is 0 Å². The standard InChI is InChI=1S/C21H33N3O4/c1-15(16-5-6-16)22-19(25)14-24-11-9-23(10-12-24)13-17-7-8-18(26-2)21(28-4)20(17)27-3/h7-8,15-16H,5-6,9-14H2,1-4H3,(H,22,25)/p+2/t15-/m0/s1. The molecule has 2 aliphatic rings. The van der Waals surface area contributed by atoms with Crippen LogP contribution in [-0.4, -0.2) is 66.0 Å². The quantitative estimate of drug-likeness (QED) is 0.499. The third-order valence-electron chi connectivity index (χ3n) is 6.02. The van der Waals surface area contributed by atoms with Gasteiger partial charge in [-0.2, -0.15) is 0 Å². The van der Waals surface area contributed by atoms with Crippen LogP contribution in [-0.2, 0) is 11.3 Å². The van der Waals surface area contributed by atoms with Crippen molar-refractivity contribution in [2.75, 3.05) is 54.1 Å².